The number of carbonyl (C=O) groups excluding carboxylic acids is 3. The lowest BCUT2D eigenvalue weighted by molar-refractivity contribution is -0.136. The van der Waals surface area contributed by atoms with Crippen molar-refractivity contribution in [3.63, 3.8) is 0 Å². The molecule has 3 amide bonds. The van der Waals surface area contributed by atoms with Gasteiger partial charge >= 0.3 is 0 Å². The maximum Gasteiger partial charge on any atom is 0.255 e. The number of hydrogen-bond donors (Lipinski definition) is 1. The van der Waals surface area contributed by atoms with E-state index in [1.807, 2.05) is 25.2 Å². The average Bonchev–Trinajstić information content (AvgIpc) is 3.36. The Kier molecular flexibility index (Phi) is 5.59. The van der Waals surface area contributed by atoms with Crippen LogP contribution < -0.4 is 5.32 Å². The number of carbonyl (C=O) groups is 3. The van der Waals surface area contributed by atoms with Crippen molar-refractivity contribution in [3.05, 3.63) is 64.7 Å². The highest BCUT2D eigenvalue weighted by Crippen LogP contribution is 2.38. The van der Waals surface area contributed by atoms with Crippen molar-refractivity contribution in [2.45, 2.75) is 50.7 Å². The summed E-state index contributed by atoms with van der Waals surface area (Å²) in [5, 5.41) is 2.32. The zero-order chi connectivity index (χ0) is 25.0. The van der Waals surface area contributed by atoms with E-state index in [0.29, 0.717) is 12.0 Å². The highest BCUT2D eigenvalue weighted by atomic mass is 19.1. The molecule has 3 aliphatic rings. The number of para-hydroxylation sites is 2. The fraction of sp³-hybridized carbons (Fsp3) is 0.407. The summed E-state index contributed by atoms with van der Waals surface area (Å²) in [7, 11) is 2.04. The molecule has 8 nitrogen and oxygen atoms in total. The monoisotopic (exact) mass is 489 g/mol. The van der Waals surface area contributed by atoms with Crippen LogP contribution in [0.4, 0.5) is 4.39 Å². The van der Waals surface area contributed by atoms with Crippen molar-refractivity contribution in [2.24, 2.45) is 7.05 Å². The topological polar surface area (TPSA) is 87.5 Å². The highest BCUT2D eigenvalue weighted by molar-refractivity contribution is 6.05. The highest BCUT2D eigenvalue weighted by Gasteiger charge is 2.41. The minimum Gasteiger partial charge on any atom is -0.330 e. The second-order valence-corrected chi connectivity index (χ2v) is 10.0. The number of piperidine rings is 2. The number of benzene rings is 2. The van der Waals surface area contributed by atoms with Gasteiger partial charge in [0.05, 0.1) is 17.6 Å². The molecule has 0 radical (unpaired) electrons. The number of aromatic nitrogens is 2. The minimum absolute atomic E-state index is 0.139. The Labute approximate surface area is 208 Å². The predicted octanol–water partition coefficient (Wildman–Crippen LogP) is 2.85. The van der Waals surface area contributed by atoms with Crippen molar-refractivity contribution in [2.75, 3.05) is 13.1 Å². The zero-order valence-electron chi connectivity index (χ0n) is 20.2. The van der Waals surface area contributed by atoms with E-state index in [9.17, 15) is 18.8 Å². The minimum atomic E-state index is -0.700. The summed E-state index contributed by atoms with van der Waals surface area (Å²) in [4.78, 5) is 45.8. The number of imide groups is 1. The van der Waals surface area contributed by atoms with Crippen LogP contribution in [0.1, 0.15) is 58.9 Å². The normalized spacial score (nSPS) is 21.3. The molecule has 0 spiro atoms. The molecule has 1 atom stereocenters. The number of amides is 3. The number of aryl methyl sites for hydroxylation is 1. The van der Waals surface area contributed by atoms with Gasteiger partial charge in [-0.2, -0.15) is 0 Å². The first-order valence-electron chi connectivity index (χ1n) is 12.5. The first kappa shape index (κ1) is 22.8. The Morgan fingerprint density at radius 1 is 1.08 bits per heavy atom. The lowest BCUT2D eigenvalue weighted by atomic mass is 9.85. The Bertz CT molecular complexity index is 1390. The van der Waals surface area contributed by atoms with E-state index < -0.39 is 17.8 Å². The Morgan fingerprint density at radius 3 is 2.61 bits per heavy atom. The van der Waals surface area contributed by atoms with E-state index in [1.165, 1.54) is 11.0 Å². The largest absolute Gasteiger partial charge is 0.330 e. The summed E-state index contributed by atoms with van der Waals surface area (Å²) in [5.74, 6) is -0.376. The number of nitrogens with one attached hydrogen (secondary N) is 1. The van der Waals surface area contributed by atoms with Gasteiger partial charge in [0.15, 0.2) is 0 Å². The van der Waals surface area contributed by atoms with Crippen molar-refractivity contribution in [3.8, 4) is 0 Å². The van der Waals surface area contributed by atoms with Gasteiger partial charge in [0.1, 0.15) is 17.7 Å². The van der Waals surface area contributed by atoms with E-state index in [2.05, 4.69) is 20.9 Å². The zero-order valence-corrected chi connectivity index (χ0v) is 20.2. The van der Waals surface area contributed by atoms with Gasteiger partial charge in [-0.05, 0) is 73.7 Å². The molecule has 0 saturated carbocycles. The number of hydrogen-bond acceptors (Lipinski definition) is 5. The molecule has 1 aromatic heterocycles. The van der Waals surface area contributed by atoms with Gasteiger partial charge in [0, 0.05) is 25.6 Å². The van der Waals surface area contributed by atoms with Crippen LogP contribution in [0.25, 0.3) is 11.0 Å². The molecule has 2 fully saturated rings. The van der Waals surface area contributed by atoms with Crippen LogP contribution in [0.3, 0.4) is 0 Å². The fourth-order valence-electron chi connectivity index (χ4n) is 5.96. The standard InChI is InChI=1S/C27H28FN5O3/c1-31-22-5-3-2-4-21(22)29-24(31)15-32-10-8-16(9-11-32)18-12-17(28)13-19-20(18)14-33(27(19)36)23-6-7-25(34)30-26(23)35/h2-5,12-13,16,23H,6-11,14-15H2,1H3,(H,30,34,35). The Morgan fingerprint density at radius 2 is 1.86 bits per heavy atom. The third-order valence-electron chi connectivity index (χ3n) is 7.93. The molecule has 0 bridgehead atoms. The molecule has 4 heterocycles. The molecular weight excluding hydrogens is 461 g/mol. The molecule has 3 aliphatic heterocycles. The van der Waals surface area contributed by atoms with Crippen LogP contribution >= 0.6 is 0 Å². The third kappa shape index (κ3) is 3.87. The SMILES string of the molecule is Cn1c(CN2CCC(c3cc(F)cc4c3CN(C3CCC(=O)NC3=O)C4=O)CC2)nc2ccccc21. The van der Waals surface area contributed by atoms with Gasteiger partial charge in [-0.15, -0.1) is 0 Å². The van der Waals surface area contributed by atoms with Gasteiger partial charge in [0.2, 0.25) is 11.8 Å². The number of rotatable bonds is 4. The molecule has 6 rings (SSSR count). The van der Waals surface area contributed by atoms with E-state index in [0.717, 1.165) is 60.5 Å². The lowest BCUT2D eigenvalue weighted by Crippen LogP contribution is -2.52. The number of likely N-dealkylation sites (tertiary alicyclic amines) is 1. The number of halogens is 1. The smallest absolute Gasteiger partial charge is 0.255 e. The number of imidazole rings is 1. The molecule has 36 heavy (non-hydrogen) atoms. The molecule has 2 saturated heterocycles. The van der Waals surface area contributed by atoms with Crippen LogP contribution in [0.2, 0.25) is 0 Å². The Balaban J connectivity index is 1.18. The molecular formula is C27H28FN5O3. The molecule has 0 aliphatic carbocycles. The van der Waals surface area contributed by atoms with Crippen LogP contribution in [0.15, 0.2) is 36.4 Å². The molecule has 9 heteroatoms. The quantitative estimate of drug-likeness (QED) is 0.570. The first-order valence-corrected chi connectivity index (χ1v) is 12.5. The second kappa shape index (κ2) is 8.81. The fourth-order valence-corrected chi connectivity index (χ4v) is 5.96. The van der Waals surface area contributed by atoms with Gasteiger partial charge in [-0.3, -0.25) is 24.6 Å². The summed E-state index contributed by atoms with van der Waals surface area (Å²) >= 11 is 0. The van der Waals surface area contributed by atoms with E-state index in [-0.39, 0.29) is 30.7 Å². The summed E-state index contributed by atoms with van der Waals surface area (Å²) in [6.07, 6.45) is 2.20. The van der Waals surface area contributed by atoms with Crippen LogP contribution in [0.5, 0.6) is 0 Å². The van der Waals surface area contributed by atoms with E-state index >= 15 is 0 Å². The maximum absolute atomic E-state index is 14.6. The molecule has 1 unspecified atom stereocenters. The van der Waals surface area contributed by atoms with Gasteiger partial charge in [-0.25, -0.2) is 9.37 Å². The van der Waals surface area contributed by atoms with Crippen molar-refractivity contribution in [1.29, 1.82) is 0 Å². The van der Waals surface area contributed by atoms with Crippen molar-refractivity contribution >= 4 is 28.8 Å². The van der Waals surface area contributed by atoms with Crippen molar-refractivity contribution < 1.29 is 18.8 Å². The van der Waals surface area contributed by atoms with Gasteiger partial charge in [-0.1, -0.05) is 12.1 Å². The van der Waals surface area contributed by atoms with E-state index in [1.54, 1.807) is 6.07 Å². The van der Waals surface area contributed by atoms with Crippen LogP contribution in [-0.4, -0.2) is 56.2 Å². The summed E-state index contributed by atoms with van der Waals surface area (Å²) in [6.45, 7) is 2.73. The summed E-state index contributed by atoms with van der Waals surface area (Å²) in [6, 6.07) is 10.3. The second-order valence-electron chi connectivity index (χ2n) is 10.0. The van der Waals surface area contributed by atoms with E-state index in [4.69, 9.17) is 4.98 Å². The summed E-state index contributed by atoms with van der Waals surface area (Å²) < 4.78 is 16.8. The molecule has 1 N–H and O–H groups in total. The third-order valence-corrected chi connectivity index (χ3v) is 7.93. The predicted molar refractivity (Wildman–Crippen MR) is 130 cm³/mol. The maximum atomic E-state index is 14.6. The first-order chi connectivity index (χ1) is 17.4. The summed E-state index contributed by atoms with van der Waals surface area (Å²) in [5.41, 5.74) is 4.14. The van der Waals surface area contributed by atoms with Crippen LogP contribution in [-0.2, 0) is 29.7 Å². The molecule has 186 valence electrons. The average molecular weight is 490 g/mol. The molecule has 3 aromatic rings. The van der Waals surface area contributed by atoms with Crippen LogP contribution in [0, 0.1) is 5.82 Å². The van der Waals surface area contributed by atoms with Crippen molar-refractivity contribution in [1.82, 2.24) is 24.7 Å². The Hall–Kier alpha value is -3.59. The number of fused-ring (bicyclic) bond motifs is 2. The number of nitrogens with zero attached hydrogens (tertiary/aromatic N) is 4. The lowest BCUT2D eigenvalue weighted by Gasteiger charge is -2.33. The van der Waals surface area contributed by atoms with Gasteiger partial charge in [0.25, 0.3) is 5.91 Å². The molecule has 2 aromatic carbocycles. The van der Waals surface area contributed by atoms with Gasteiger partial charge < -0.3 is 9.47 Å².